The van der Waals surface area contributed by atoms with Crippen molar-refractivity contribution in [2.45, 2.75) is 85.0 Å². The van der Waals surface area contributed by atoms with Crippen LogP contribution in [-0.2, 0) is 45.7 Å². The fourth-order valence-corrected chi connectivity index (χ4v) is 9.26. The van der Waals surface area contributed by atoms with E-state index in [4.69, 9.17) is 23.4 Å². The fraction of sp³-hybridized carbons (Fsp3) is 0.226. The molecular weight excluding hydrogens is 1010 g/mol. The van der Waals surface area contributed by atoms with E-state index in [1.54, 1.807) is 18.2 Å². The molecule has 0 atom stereocenters. The Morgan fingerprint density at radius 3 is 2.09 bits per heavy atom. The molecular formula is C62H58N4OPt+2. The number of ether oxygens (including phenoxy) is 1. The molecule has 2 aromatic heterocycles. The van der Waals surface area contributed by atoms with Gasteiger partial charge in [-0.15, -0.1) is 23.6 Å². The van der Waals surface area contributed by atoms with E-state index in [0.29, 0.717) is 59.7 Å². The first kappa shape index (κ1) is 35.5. The summed E-state index contributed by atoms with van der Waals surface area (Å²) in [7, 11) is 0. The second-order valence-corrected chi connectivity index (χ2v) is 18.1. The minimum Gasteiger partial charge on any atom is -0.509 e. The Morgan fingerprint density at radius 2 is 1.38 bits per heavy atom. The van der Waals surface area contributed by atoms with Gasteiger partial charge in [0, 0.05) is 41.8 Å². The molecule has 5 nitrogen and oxygen atoms in total. The zero-order valence-corrected chi connectivity index (χ0v) is 41.3. The van der Waals surface area contributed by atoms with Gasteiger partial charge in [-0.3, -0.25) is 0 Å². The van der Waals surface area contributed by atoms with Crippen LogP contribution in [0.5, 0.6) is 11.5 Å². The molecule has 0 radical (unpaired) electrons. The van der Waals surface area contributed by atoms with Crippen LogP contribution in [0, 0.1) is 12.1 Å². The predicted molar refractivity (Wildman–Crippen MR) is 277 cm³/mol. The first-order chi connectivity index (χ1) is 36.9. The van der Waals surface area contributed by atoms with Gasteiger partial charge in [0.25, 0.3) is 11.4 Å². The summed E-state index contributed by atoms with van der Waals surface area (Å²) in [5.41, 5.74) is 9.41. The fourth-order valence-electron chi connectivity index (χ4n) is 9.26. The molecule has 1 aliphatic rings. The molecule has 0 fully saturated rings. The quantitative estimate of drug-likeness (QED) is 0.0582. The average molecular weight is 1080 g/mol. The minimum absolute atomic E-state index is 0. The summed E-state index contributed by atoms with van der Waals surface area (Å²) in [4.78, 5) is 4.96. The summed E-state index contributed by atoms with van der Waals surface area (Å²) in [6.45, 7) is 11.6. The van der Waals surface area contributed by atoms with Gasteiger partial charge < -0.3 is 9.30 Å². The Balaban J connectivity index is 0.00000740. The van der Waals surface area contributed by atoms with E-state index in [9.17, 15) is 0 Å². The maximum absolute atomic E-state index is 8.86. The van der Waals surface area contributed by atoms with Crippen LogP contribution in [0.25, 0.3) is 49.9 Å². The Morgan fingerprint density at radius 1 is 0.691 bits per heavy atom. The summed E-state index contributed by atoms with van der Waals surface area (Å²) in [6.07, 6.45) is 7.29. The number of unbranched alkanes of at least 4 members (excludes halogenated alkanes) is 1. The molecule has 0 spiro atoms. The van der Waals surface area contributed by atoms with Crippen molar-refractivity contribution in [3.05, 3.63) is 198 Å². The van der Waals surface area contributed by atoms with Gasteiger partial charge >= 0.3 is 27.1 Å². The summed E-state index contributed by atoms with van der Waals surface area (Å²) in [6, 6.07) is 37.9. The van der Waals surface area contributed by atoms with Gasteiger partial charge in [-0.2, -0.15) is 12.1 Å². The van der Waals surface area contributed by atoms with Gasteiger partial charge in [-0.05, 0) is 93.1 Å². The molecule has 10 rings (SSSR count). The molecule has 68 heavy (non-hydrogen) atoms. The standard InChI is InChI=1S/C62H58N4O.Pt/c1-6-20-44-38-47(21-7-2)61-56(39-44)55-34-33-51(42-59(55)66(61)60-40-48(35-36-63-60)62(3,4)5)67-50-27-18-26-49(41-50)65-43-64(57-31-14-15-32-58(57)65)37-17-16-28-54-52(45-22-10-8-11-23-45)29-19-30-53(54)46-24-12-9-13-25-46;/h8-15,18-19,22-27,29-36,38-40H,6-7,16-17,20-21,28,37H2,1-5H3;/q;+2/i8D,9D,10D,11D,12D,13D,22D,23D,24D,25D;. The van der Waals surface area contributed by atoms with E-state index in [0.717, 1.165) is 59.3 Å². The molecule has 0 N–H and O–H groups in total. The van der Waals surface area contributed by atoms with Crippen LogP contribution in [0.3, 0.4) is 0 Å². The first-order valence-electron chi connectivity index (χ1n) is 28.3. The van der Waals surface area contributed by atoms with Crippen LogP contribution >= 0.6 is 0 Å². The Bertz CT molecular complexity index is 3790. The normalized spacial score (nSPS) is 14.2. The molecule has 0 aliphatic carbocycles. The summed E-state index contributed by atoms with van der Waals surface area (Å²) in [5, 5.41) is 2.25. The van der Waals surface area contributed by atoms with E-state index in [-0.39, 0.29) is 61.8 Å². The van der Waals surface area contributed by atoms with E-state index in [2.05, 4.69) is 87.7 Å². The SMILES string of the molecule is [2H]c1c([2H])c([2H])c(-c2cccc(-c3c([2H])c([2H])c([2H])c([2H])c3[2H])c2CCCC[N+]2=C=[N+](c3[c-]c(Oc4[c-]c5c(cc4)c4cc(CCC)cc(CCC)c4n5-c4cc(C(C)(C)C)ccn4)ccc3)c3ccccc32)c([2H])c1[2H].[Pt+2]. The molecule has 3 heterocycles. The number of nitrogens with zero attached hydrogens (tertiary/aromatic N) is 4. The number of hydrogen-bond acceptors (Lipinski definition) is 2. The van der Waals surface area contributed by atoms with Gasteiger partial charge in [0.1, 0.15) is 11.5 Å². The summed E-state index contributed by atoms with van der Waals surface area (Å²) >= 11 is 0. The zero-order valence-electron chi connectivity index (χ0n) is 49.0. The van der Waals surface area contributed by atoms with Gasteiger partial charge in [0.15, 0.2) is 6.54 Å². The number of rotatable bonds is 15. The molecule has 0 amide bonds. The number of aromatic nitrogens is 2. The van der Waals surface area contributed by atoms with Crippen LogP contribution < -0.4 is 9.31 Å². The molecule has 0 saturated heterocycles. The largest absolute Gasteiger partial charge is 2.00 e. The average Bonchev–Trinajstić information content (AvgIpc) is 4.09. The van der Waals surface area contributed by atoms with E-state index < -0.39 is 36.3 Å². The molecule has 340 valence electrons. The van der Waals surface area contributed by atoms with Crippen molar-refractivity contribution in [2.24, 2.45) is 0 Å². The maximum atomic E-state index is 8.86. The smallest absolute Gasteiger partial charge is 0.509 e. The number of aryl methyl sites for hydroxylation is 2. The third kappa shape index (κ3) is 9.44. The van der Waals surface area contributed by atoms with Crippen molar-refractivity contribution < 1.29 is 44.1 Å². The summed E-state index contributed by atoms with van der Waals surface area (Å²) < 4.78 is 98.6. The molecule has 0 saturated carbocycles. The topological polar surface area (TPSA) is 33.1 Å². The van der Waals surface area contributed by atoms with Crippen LogP contribution in [0.1, 0.15) is 96.3 Å². The van der Waals surface area contributed by atoms with Crippen LogP contribution in [0.2, 0.25) is 0 Å². The molecule has 1 aliphatic heterocycles. The van der Waals surface area contributed by atoms with Crippen molar-refractivity contribution in [2.75, 3.05) is 6.54 Å². The third-order valence-electron chi connectivity index (χ3n) is 12.4. The third-order valence-corrected chi connectivity index (χ3v) is 12.4. The Labute approximate surface area is 430 Å². The second-order valence-electron chi connectivity index (χ2n) is 18.1. The van der Waals surface area contributed by atoms with Crippen LogP contribution in [-0.4, -0.2) is 26.7 Å². The molecule has 0 unspecified atom stereocenters. The van der Waals surface area contributed by atoms with Crippen LogP contribution in [0.4, 0.5) is 17.1 Å². The van der Waals surface area contributed by atoms with Gasteiger partial charge in [0.2, 0.25) is 0 Å². The Kier molecular flexibility index (Phi) is 10.6. The zero-order chi connectivity index (χ0) is 54.6. The van der Waals surface area contributed by atoms with Crippen molar-refractivity contribution in [1.29, 1.82) is 0 Å². The van der Waals surface area contributed by atoms with Gasteiger partial charge in [0.05, 0.1) is 13.7 Å². The van der Waals surface area contributed by atoms with Crippen molar-refractivity contribution in [3.63, 3.8) is 0 Å². The van der Waals surface area contributed by atoms with Crippen molar-refractivity contribution in [1.82, 2.24) is 14.1 Å². The second kappa shape index (κ2) is 20.3. The number of fused-ring (bicyclic) bond motifs is 4. The molecule has 6 heteroatoms. The molecule has 7 aromatic carbocycles. The maximum Gasteiger partial charge on any atom is 2.00 e. The summed E-state index contributed by atoms with van der Waals surface area (Å²) in [5.74, 6) is 1.86. The minimum atomic E-state index is -0.523. The number of benzene rings is 7. The van der Waals surface area contributed by atoms with Crippen molar-refractivity contribution in [3.8, 4) is 39.6 Å². The van der Waals surface area contributed by atoms with Crippen LogP contribution in [0.15, 0.2) is 164 Å². The molecule has 0 bridgehead atoms. The van der Waals surface area contributed by atoms with Gasteiger partial charge in [-0.25, -0.2) is 4.98 Å². The monoisotopic (exact) mass is 1080 g/mol. The number of hydrogen-bond donors (Lipinski definition) is 0. The number of para-hydroxylation sites is 2. The predicted octanol–water partition coefficient (Wildman–Crippen LogP) is 15.8. The van der Waals surface area contributed by atoms with E-state index in [1.165, 1.54) is 22.1 Å². The van der Waals surface area contributed by atoms with Crippen molar-refractivity contribution >= 4 is 44.9 Å². The Hall–Kier alpha value is -6.64. The van der Waals surface area contributed by atoms with E-state index in [1.807, 2.05) is 63.9 Å². The van der Waals surface area contributed by atoms with Gasteiger partial charge in [-0.1, -0.05) is 177 Å². The van der Waals surface area contributed by atoms with E-state index >= 15 is 0 Å². The number of pyridine rings is 1. The first-order valence-corrected chi connectivity index (χ1v) is 23.3. The molecule has 9 aromatic rings.